The highest BCUT2D eigenvalue weighted by Gasteiger charge is 2.20. The number of thiophene rings is 2. The second-order valence-corrected chi connectivity index (χ2v) is 8.11. The number of quaternary nitrogens is 1. The SMILES string of the molecule is Cc1ccc([C@@H]([NH2+]CC(=O)N[C@H](C)c2cccs2)c2cccs2)cc1. The molecule has 130 valence electrons. The molecule has 5 heteroatoms. The van der Waals surface area contributed by atoms with Crippen molar-refractivity contribution in [1.82, 2.24) is 5.32 Å². The number of carbonyl (C=O) groups excluding carboxylic acids is 1. The topological polar surface area (TPSA) is 45.7 Å². The molecule has 0 spiro atoms. The van der Waals surface area contributed by atoms with E-state index in [1.807, 2.05) is 18.4 Å². The normalized spacial score (nSPS) is 13.4. The van der Waals surface area contributed by atoms with Gasteiger partial charge in [-0.3, -0.25) is 4.79 Å². The van der Waals surface area contributed by atoms with Gasteiger partial charge in [0.05, 0.1) is 10.9 Å². The fourth-order valence-corrected chi connectivity index (χ4v) is 4.38. The maximum atomic E-state index is 12.4. The Balaban J connectivity index is 1.64. The van der Waals surface area contributed by atoms with E-state index >= 15 is 0 Å². The lowest BCUT2D eigenvalue weighted by Crippen LogP contribution is -2.87. The van der Waals surface area contributed by atoms with Gasteiger partial charge < -0.3 is 10.6 Å². The number of carbonyl (C=O) groups is 1. The van der Waals surface area contributed by atoms with Gasteiger partial charge in [0.15, 0.2) is 6.54 Å². The Labute approximate surface area is 156 Å². The summed E-state index contributed by atoms with van der Waals surface area (Å²) < 4.78 is 0. The summed E-state index contributed by atoms with van der Waals surface area (Å²) in [6.45, 7) is 4.53. The molecule has 0 aliphatic rings. The fraction of sp³-hybridized carbons (Fsp3) is 0.250. The van der Waals surface area contributed by atoms with Crippen molar-refractivity contribution in [3.05, 3.63) is 80.2 Å². The average Bonchev–Trinajstić information content (AvgIpc) is 3.30. The largest absolute Gasteiger partial charge is 0.344 e. The van der Waals surface area contributed by atoms with Crippen LogP contribution in [0.3, 0.4) is 0 Å². The van der Waals surface area contributed by atoms with E-state index in [0.717, 1.165) is 0 Å². The lowest BCUT2D eigenvalue weighted by molar-refractivity contribution is -0.676. The second kappa shape index (κ2) is 8.43. The molecule has 3 aromatic rings. The van der Waals surface area contributed by atoms with Crippen molar-refractivity contribution in [2.45, 2.75) is 25.9 Å². The summed E-state index contributed by atoms with van der Waals surface area (Å²) in [7, 11) is 0. The standard InChI is InChI=1S/C20H22N2OS2/c1-14-7-9-16(10-8-14)20(18-6-4-12-25-18)21-13-19(23)22-15(2)17-5-3-11-24-17/h3-12,15,20-21H,13H2,1-2H3,(H,22,23)/p+1/t15-,20-/m1/s1. The fourth-order valence-electron chi connectivity index (χ4n) is 2.79. The Bertz CT molecular complexity index is 780. The van der Waals surface area contributed by atoms with Crippen LogP contribution in [-0.2, 0) is 4.79 Å². The van der Waals surface area contributed by atoms with Gasteiger partial charge in [-0.05, 0) is 36.7 Å². The van der Waals surface area contributed by atoms with Crippen LogP contribution in [0.15, 0.2) is 59.3 Å². The molecular formula is C20H23N2OS2+. The van der Waals surface area contributed by atoms with Crippen LogP contribution in [0.1, 0.15) is 39.9 Å². The molecule has 3 N–H and O–H groups in total. The number of rotatable bonds is 7. The first-order valence-electron chi connectivity index (χ1n) is 8.39. The van der Waals surface area contributed by atoms with Crippen LogP contribution >= 0.6 is 22.7 Å². The minimum absolute atomic E-state index is 0.0560. The summed E-state index contributed by atoms with van der Waals surface area (Å²) in [5, 5.41) is 9.33. The maximum absolute atomic E-state index is 12.4. The molecule has 0 unspecified atom stereocenters. The molecule has 0 radical (unpaired) electrons. The third-order valence-electron chi connectivity index (χ3n) is 4.17. The van der Waals surface area contributed by atoms with Gasteiger partial charge in [-0.25, -0.2) is 0 Å². The van der Waals surface area contributed by atoms with Crippen LogP contribution in [-0.4, -0.2) is 12.5 Å². The third-order valence-corrected chi connectivity index (χ3v) is 6.18. The van der Waals surface area contributed by atoms with Crippen LogP contribution < -0.4 is 10.6 Å². The summed E-state index contributed by atoms with van der Waals surface area (Å²) in [5.74, 6) is 0.0644. The van der Waals surface area contributed by atoms with Gasteiger partial charge in [-0.15, -0.1) is 22.7 Å². The number of aryl methyl sites for hydroxylation is 1. The molecule has 0 fully saturated rings. The van der Waals surface area contributed by atoms with Crippen molar-refractivity contribution in [1.29, 1.82) is 0 Å². The predicted octanol–water partition coefficient (Wildman–Crippen LogP) is 3.65. The zero-order chi connectivity index (χ0) is 17.6. The lowest BCUT2D eigenvalue weighted by Gasteiger charge is -2.16. The molecule has 0 bridgehead atoms. The predicted molar refractivity (Wildman–Crippen MR) is 105 cm³/mol. The van der Waals surface area contributed by atoms with Crippen LogP contribution in [0.2, 0.25) is 0 Å². The molecule has 0 saturated heterocycles. The second-order valence-electron chi connectivity index (χ2n) is 6.15. The molecular weight excluding hydrogens is 348 g/mol. The number of hydrogen-bond acceptors (Lipinski definition) is 3. The van der Waals surface area contributed by atoms with E-state index in [-0.39, 0.29) is 18.0 Å². The Morgan fingerprint density at radius 3 is 2.28 bits per heavy atom. The zero-order valence-corrected chi connectivity index (χ0v) is 16.1. The van der Waals surface area contributed by atoms with Gasteiger partial charge in [0, 0.05) is 10.4 Å². The smallest absolute Gasteiger partial charge is 0.275 e. The number of benzene rings is 1. The maximum Gasteiger partial charge on any atom is 0.275 e. The Kier molecular flexibility index (Phi) is 6.02. The van der Waals surface area contributed by atoms with E-state index < -0.39 is 0 Å². The Hall–Kier alpha value is -1.95. The molecule has 2 aromatic heterocycles. The monoisotopic (exact) mass is 371 g/mol. The molecule has 25 heavy (non-hydrogen) atoms. The Morgan fingerprint density at radius 1 is 1.04 bits per heavy atom. The molecule has 2 heterocycles. The van der Waals surface area contributed by atoms with E-state index in [0.29, 0.717) is 6.54 Å². The van der Waals surface area contributed by atoms with E-state index in [4.69, 9.17) is 0 Å². The quantitative estimate of drug-likeness (QED) is 0.654. The molecule has 0 saturated carbocycles. The van der Waals surface area contributed by atoms with Gasteiger partial charge >= 0.3 is 0 Å². The van der Waals surface area contributed by atoms with Gasteiger partial charge in [0.2, 0.25) is 0 Å². The van der Waals surface area contributed by atoms with E-state index in [2.05, 4.69) is 65.4 Å². The van der Waals surface area contributed by atoms with E-state index in [1.54, 1.807) is 22.7 Å². The van der Waals surface area contributed by atoms with Crippen molar-refractivity contribution in [2.24, 2.45) is 0 Å². The summed E-state index contributed by atoms with van der Waals surface area (Å²) in [6, 6.07) is 17.0. The van der Waals surface area contributed by atoms with Gasteiger partial charge in [0.25, 0.3) is 5.91 Å². The Morgan fingerprint density at radius 2 is 1.68 bits per heavy atom. The number of nitrogens with one attached hydrogen (secondary N) is 1. The van der Waals surface area contributed by atoms with Gasteiger partial charge in [-0.1, -0.05) is 42.0 Å². The van der Waals surface area contributed by atoms with Crippen molar-refractivity contribution in [2.75, 3.05) is 6.54 Å². The van der Waals surface area contributed by atoms with Crippen LogP contribution in [0.25, 0.3) is 0 Å². The summed E-state index contributed by atoms with van der Waals surface area (Å²) in [4.78, 5) is 14.8. The molecule has 2 atom stereocenters. The average molecular weight is 372 g/mol. The minimum Gasteiger partial charge on any atom is -0.344 e. The van der Waals surface area contributed by atoms with Crippen molar-refractivity contribution in [3.63, 3.8) is 0 Å². The highest BCUT2D eigenvalue weighted by Crippen LogP contribution is 2.23. The first-order chi connectivity index (χ1) is 12.1. The van der Waals surface area contributed by atoms with Crippen molar-refractivity contribution >= 4 is 28.6 Å². The first kappa shape index (κ1) is 17.9. The number of nitrogens with two attached hydrogens (primary N) is 1. The van der Waals surface area contributed by atoms with Crippen LogP contribution in [0.4, 0.5) is 0 Å². The summed E-state index contributed by atoms with van der Waals surface area (Å²) >= 11 is 3.40. The molecule has 1 aromatic carbocycles. The summed E-state index contributed by atoms with van der Waals surface area (Å²) in [5.41, 5.74) is 2.48. The highest BCUT2D eigenvalue weighted by molar-refractivity contribution is 7.10. The number of hydrogen-bond donors (Lipinski definition) is 2. The van der Waals surface area contributed by atoms with Crippen LogP contribution in [0.5, 0.6) is 0 Å². The van der Waals surface area contributed by atoms with Gasteiger partial charge in [-0.2, -0.15) is 0 Å². The first-order valence-corrected chi connectivity index (χ1v) is 10.2. The van der Waals surface area contributed by atoms with E-state index in [9.17, 15) is 4.79 Å². The highest BCUT2D eigenvalue weighted by atomic mass is 32.1. The van der Waals surface area contributed by atoms with Gasteiger partial charge in [0.1, 0.15) is 6.04 Å². The third kappa shape index (κ3) is 4.78. The van der Waals surface area contributed by atoms with E-state index in [1.165, 1.54) is 20.9 Å². The summed E-state index contributed by atoms with van der Waals surface area (Å²) in [6.07, 6.45) is 0. The lowest BCUT2D eigenvalue weighted by atomic mass is 10.0. The van der Waals surface area contributed by atoms with Crippen molar-refractivity contribution in [3.8, 4) is 0 Å². The zero-order valence-electron chi connectivity index (χ0n) is 14.4. The molecule has 0 aliphatic heterocycles. The molecule has 3 rings (SSSR count). The van der Waals surface area contributed by atoms with Crippen LogP contribution in [0, 0.1) is 6.92 Å². The van der Waals surface area contributed by atoms with Crippen molar-refractivity contribution < 1.29 is 10.1 Å². The molecule has 3 nitrogen and oxygen atoms in total. The molecule has 1 amide bonds. The molecule has 0 aliphatic carbocycles. The minimum atomic E-state index is 0.0560. The number of amides is 1.